The Morgan fingerprint density at radius 1 is 1.03 bits per heavy atom. The van der Waals surface area contributed by atoms with Gasteiger partial charge in [0.05, 0.1) is 23.0 Å². The molecule has 2 aromatic heterocycles. The number of anilines is 2. The number of benzene rings is 1. The summed E-state index contributed by atoms with van der Waals surface area (Å²) in [4.78, 5) is 29.8. The molecule has 2 amide bonds. The number of nitrogens with zero attached hydrogens (tertiary/aromatic N) is 3. The van der Waals surface area contributed by atoms with Crippen molar-refractivity contribution in [1.29, 1.82) is 0 Å². The highest BCUT2D eigenvalue weighted by atomic mass is 35.5. The van der Waals surface area contributed by atoms with Gasteiger partial charge in [-0.25, -0.2) is 4.98 Å². The van der Waals surface area contributed by atoms with E-state index >= 15 is 0 Å². The van der Waals surface area contributed by atoms with Gasteiger partial charge in [-0.1, -0.05) is 17.7 Å². The maximum absolute atomic E-state index is 12.8. The van der Waals surface area contributed by atoms with Crippen LogP contribution in [0.15, 0.2) is 48.7 Å². The molecule has 3 aromatic rings. The number of nitrogens with one attached hydrogen (secondary N) is 4. The van der Waals surface area contributed by atoms with Gasteiger partial charge in [-0.3, -0.25) is 9.59 Å². The van der Waals surface area contributed by atoms with Gasteiger partial charge in [0.1, 0.15) is 5.82 Å². The predicted molar refractivity (Wildman–Crippen MR) is 127 cm³/mol. The molecule has 0 saturated carbocycles. The van der Waals surface area contributed by atoms with E-state index < -0.39 is 11.8 Å². The minimum absolute atomic E-state index is 0.0408. The fourth-order valence-corrected chi connectivity index (χ4v) is 3.56. The van der Waals surface area contributed by atoms with E-state index in [9.17, 15) is 9.59 Å². The van der Waals surface area contributed by atoms with Gasteiger partial charge in [-0.05, 0) is 68.4 Å². The molecule has 0 radical (unpaired) electrons. The number of halogens is 1. The van der Waals surface area contributed by atoms with Crippen molar-refractivity contribution >= 4 is 34.9 Å². The van der Waals surface area contributed by atoms with E-state index in [0.29, 0.717) is 16.5 Å². The molecule has 1 atom stereocenters. The molecule has 4 rings (SSSR count). The topological polar surface area (TPSA) is 121 Å². The molecule has 1 unspecified atom stereocenters. The van der Waals surface area contributed by atoms with Crippen LogP contribution in [-0.2, 0) is 0 Å². The second-order valence-electron chi connectivity index (χ2n) is 7.73. The molecule has 0 bridgehead atoms. The summed E-state index contributed by atoms with van der Waals surface area (Å²) in [7, 11) is 0. The predicted octanol–water partition coefficient (Wildman–Crippen LogP) is 2.96. The van der Waals surface area contributed by atoms with Crippen LogP contribution in [0, 0.1) is 6.92 Å². The maximum Gasteiger partial charge on any atom is 0.276 e. The zero-order chi connectivity index (χ0) is 23.2. The van der Waals surface area contributed by atoms with Crippen LogP contribution in [0.1, 0.15) is 44.6 Å². The van der Waals surface area contributed by atoms with Crippen molar-refractivity contribution in [1.82, 2.24) is 25.8 Å². The van der Waals surface area contributed by atoms with E-state index in [1.807, 2.05) is 13.0 Å². The monoisotopic (exact) mass is 465 g/mol. The van der Waals surface area contributed by atoms with Gasteiger partial charge in [0, 0.05) is 17.8 Å². The Bertz CT molecular complexity index is 1130. The molecule has 0 aliphatic carbocycles. The standard InChI is InChI=1S/C23H24ClN7O2/c1-14-3-8-21(27-12-14)29-22(32)16-11-15(24)4-5-17(16)28-23(33)19-7-6-18(30-31-19)20-13-25-9-2-10-26-20/h3-8,11-12,20,25-26H,2,9-10,13H2,1H3,(H,28,33)(H,27,29,32). The first kappa shape index (κ1) is 22.8. The molecule has 33 heavy (non-hydrogen) atoms. The first-order valence-electron chi connectivity index (χ1n) is 10.6. The third kappa shape index (κ3) is 5.89. The number of aromatic nitrogens is 3. The first-order chi connectivity index (χ1) is 16.0. The summed E-state index contributed by atoms with van der Waals surface area (Å²) >= 11 is 6.10. The van der Waals surface area contributed by atoms with Crippen molar-refractivity contribution in [2.45, 2.75) is 19.4 Å². The second-order valence-corrected chi connectivity index (χ2v) is 8.16. The van der Waals surface area contributed by atoms with E-state index in [-0.39, 0.29) is 17.3 Å². The number of carbonyl (C=O) groups is 2. The molecule has 0 spiro atoms. The van der Waals surface area contributed by atoms with Crippen molar-refractivity contribution in [3.05, 3.63) is 76.2 Å². The number of rotatable bonds is 5. The average Bonchev–Trinajstić information content (AvgIpc) is 3.11. The minimum Gasteiger partial charge on any atom is -0.320 e. The van der Waals surface area contributed by atoms with Crippen LogP contribution in [-0.4, -0.2) is 46.6 Å². The number of hydrogen-bond donors (Lipinski definition) is 4. The van der Waals surface area contributed by atoms with E-state index in [2.05, 4.69) is 36.4 Å². The maximum atomic E-state index is 12.8. The number of hydrogen-bond acceptors (Lipinski definition) is 7. The molecule has 4 N–H and O–H groups in total. The summed E-state index contributed by atoms with van der Waals surface area (Å²) in [6.07, 6.45) is 2.70. The fraction of sp³-hybridized carbons (Fsp3) is 0.261. The molecule has 1 fully saturated rings. The summed E-state index contributed by atoms with van der Waals surface area (Å²) in [5.41, 5.74) is 2.38. The van der Waals surface area contributed by atoms with Crippen LogP contribution < -0.4 is 21.3 Å². The summed E-state index contributed by atoms with van der Waals surface area (Å²) in [6.45, 7) is 4.50. The van der Waals surface area contributed by atoms with Gasteiger partial charge >= 0.3 is 0 Å². The second kappa shape index (κ2) is 10.5. The molecule has 170 valence electrons. The number of pyridine rings is 1. The van der Waals surface area contributed by atoms with E-state index in [0.717, 1.165) is 37.3 Å². The minimum atomic E-state index is -0.481. The molecule has 1 aliphatic heterocycles. The zero-order valence-electron chi connectivity index (χ0n) is 18.1. The van der Waals surface area contributed by atoms with E-state index in [1.54, 1.807) is 36.5 Å². The van der Waals surface area contributed by atoms with Crippen molar-refractivity contribution in [3.63, 3.8) is 0 Å². The van der Waals surface area contributed by atoms with Gasteiger partial charge in [-0.15, -0.1) is 5.10 Å². The third-order valence-corrected chi connectivity index (χ3v) is 5.41. The van der Waals surface area contributed by atoms with Crippen molar-refractivity contribution in [2.75, 3.05) is 30.3 Å². The molecule has 9 nitrogen and oxygen atoms in total. The van der Waals surface area contributed by atoms with Crippen LogP contribution in [0.25, 0.3) is 0 Å². The number of amides is 2. The van der Waals surface area contributed by atoms with E-state index in [4.69, 9.17) is 11.6 Å². The highest BCUT2D eigenvalue weighted by Crippen LogP contribution is 2.23. The van der Waals surface area contributed by atoms with Crippen molar-refractivity contribution < 1.29 is 9.59 Å². The molecule has 3 heterocycles. The van der Waals surface area contributed by atoms with Gasteiger partial charge in [0.2, 0.25) is 0 Å². The van der Waals surface area contributed by atoms with Crippen LogP contribution in [0.5, 0.6) is 0 Å². The largest absolute Gasteiger partial charge is 0.320 e. The van der Waals surface area contributed by atoms with Gasteiger partial charge in [-0.2, -0.15) is 5.10 Å². The molecular weight excluding hydrogens is 442 g/mol. The summed E-state index contributed by atoms with van der Waals surface area (Å²) < 4.78 is 0. The van der Waals surface area contributed by atoms with Gasteiger partial charge in [0.15, 0.2) is 5.69 Å². The Balaban J connectivity index is 1.48. The first-order valence-corrected chi connectivity index (χ1v) is 11.0. The normalized spacial score (nSPS) is 16.0. The quantitative estimate of drug-likeness (QED) is 0.457. The number of carbonyl (C=O) groups excluding carboxylic acids is 2. The number of aryl methyl sites for hydroxylation is 1. The molecule has 1 saturated heterocycles. The Morgan fingerprint density at radius 3 is 2.67 bits per heavy atom. The lowest BCUT2D eigenvalue weighted by Crippen LogP contribution is -2.28. The summed E-state index contributed by atoms with van der Waals surface area (Å²) in [5.74, 6) is -0.533. The van der Waals surface area contributed by atoms with Gasteiger partial charge in [0.25, 0.3) is 11.8 Å². The lowest BCUT2D eigenvalue weighted by atomic mass is 10.1. The highest BCUT2D eigenvalue weighted by molar-refractivity contribution is 6.31. The zero-order valence-corrected chi connectivity index (χ0v) is 18.8. The summed E-state index contributed by atoms with van der Waals surface area (Å²) in [5, 5.41) is 20.9. The SMILES string of the molecule is Cc1ccc(NC(=O)c2cc(Cl)ccc2NC(=O)c2ccc(C3CNCCCN3)nn2)nc1. The molecule has 1 aliphatic rings. The molecule has 10 heteroatoms. The van der Waals surface area contributed by atoms with Crippen LogP contribution >= 0.6 is 11.6 Å². The Kier molecular flexibility index (Phi) is 7.23. The smallest absolute Gasteiger partial charge is 0.276 e. The summed E-state index contributed by atoms with van der Waals surface area (Å²) in [6, 6.07) is 11.6. The Hall–Kier alpha value is -3.40. The Labute approximate surface area is 196 Å². The average molecular weight is 466 g/mol. The molecular formula is C23H24ClN7O2. The van der Waals surface area contributed by atoms with Crippen LogP contribution in [0.3, 0.4) is 0 Å². The van der Waals surface area contributed by atoms with Crippen LogP contribution in [0.2, 0.25) is 5.02 Å². The van der Waals surface area contributed by atoms with Crippen molar-refractivity contribution in [3.8, 4) is 0 Å². The van der Waals surface area contributed by atoms with Gasteiger partial charge < -0.3 is 21.3 Å². The lowest BCUT2D eigenvalue weighted by Gasteiger charge is -2.15. The van der Waals surface area contributed by atoms with Crippen LogP contribution in [0.4, 0.5) is 11.5 Å². The fourth-order valence-electron chi connectivity index (χ4n) is 3.39. The van der Waals surface area contributed by atoms with E-state index in [1.165, 1.54) is 6.07 Å². The lowest BCUT2D eigenvalue weighted by molar-refractivity contribution is 0.102. The highest BCUT2D eigenvalue weighted by Gasteiger charge is 2.19. The third-order valence-electron chi connectivity index (χ3n) is 5.17. The molecule has 1 aromatic carbocycles. The Morgan fingerprint density at radius 2 is 1.91 bits per heavy atom. The van der Waals surface area contributed by atoms with Crippen molar-refractivity contribution in [2.24, 2.45) is 0 Å².